The van der Waals surface area contributed by atoms with E-state index in [2.05, 4.69) is 10.2 Å². The minimum absolute atomic E-state index is 0.476. The van der Waals surface area contributed by atoms with E-state index in [9.17, 15) is 0 Å². The van der Waals surface area contributed by atoms with Gasteiger partial charge in [0.15, 0.2) is 0 Å². The Hall–Kier alpha value is -1.29. The Labute approximate surface area is 105 Å². The number of halogens is 1. The fraction of sp³-hybridized carbons (Fsp3) is 0.500. The van der Waals surface area contributed by atoms with Crippen LogP contribution in [0.2, 0.25) is 5.15 Å². The molecular weight excluding hydrogens is 236 g/mol. The summed E-state index contributed by atoms with van der Waals surface area (Å²) in [5, 5.41) is 9.50. The van der Waals surface area contributed by atoms with Crippen molar-refractivity contribution in [3.63, 3.8) is 0 Å². The molecule has 1 aliphatic carbocycles. The summed E-state index contributed by atoms with van der Waals surface area (Å²) < 4.78 is 3.79. The zero-order valence-corrected chi connectivity index (χ0v) is 10.6. The van der Waals surface area contributed by atoms with Gasteiger partial charge >= 0.3 is 0 Å². The maximum Gasteiger partial charge on any atom is 0.128 e. The molecule has 3 rings (SSSR count). The fourth-order valence-corrected chi connectivity index (χ4v) is 2.81. The first-order chi connectivity index (χ1) is 8.25. The van der Waals surface area contributed by atoms with Gasteiger partial charge in [0.05, 0.1) is 11.7 Å². The van der Waals surface area contributed by atoms with Crippen LogP contribution >= 0.6 is 11.6 Å². The molecule has 2 aromatic rings. The largest absolute Gasteiger partial charge is 0.266 e. The molecule has 0 N–H and O–H groups in total. The molecule has 0 aromatic carbocycles. The van der Waals surface area contributed by atoms with Crippen LogP contribution < -0.4 is 0 Å². The Morgan fingerprint density at radius 1 is 1.35 bits per heavy atom. The molecule has 4 nitrogen and oxygen atoms in total. The second-order valence-electron chi connectivity index (χ2n) is 4.58. The van der Waals surface area contributed by atoms with Crippen molar-refractivity contribution in [1.82, 2.24) is 19.6 Å². The highest BCUT2D eigenvalue weighted by molar-refractivity contribution is 6.29. The maximum absolute atomic E-state index is 6.27. The minimum Gasteiger partial charge on any atom is -0.266 e. The van der Waals surface area contributed by atoms with Crippen LogP contribution in [0, 0.1) is 0 Å². The predicted octanol–water partition coefficient (Wildman–Crippen LogP) is 3.05. The second-order valence-corrected chi connectivity index (χ2v) is 4.96. The van der Waals surface area contributed by atoms with Gasteiger partial charge in [-0.1, -0.05) is 24.4 Å². The smallest absolute Gasteiger partial charge is 0.128 e. The van der Waals surface area contributed by atoms with Gasteiger partial charge in [-0.3, -0.25) is 9.36 Å². The Bertz CT molecular complexity index is 522. The van der Waals surface area contributed by atoms with Gasteiger partial charge < -0.3 is 0 Å². The number of hydrogen-bond donors (Lipinski definition) is 0. The summed E-state index contributed by atoms with van der Waals surface area (Å²) in [6.45, 7) is 0. The van der Waals surface area contributed by atoms with Crippen molar-refractivity contribution in [2.75, 3.05) is 0 Å². The summed E-state index contributed by atoms with van der Waals surface area (Å²) in [5.74, 6) is 0. The normalized spacial score (nSPS) is 16.8. The first-order valence-corrected chi connectivity index (χ1v) is 6.37. The van der Waals surface area contributed by atoms with Gasteiger partial charge in [0.1, 0.15) is 10.8 Å². The molecule has 17 heavy (non-hydrogen) atoms. The van der Waals surface area contributed by atoms with Crippen molar-refractivity contribution >= 4 is 11.6 Å². The number of rotatable bonds is 2. The van der Waals surface area contributed by atoms with Crippen LogP contribution in [0.25, 0.3) is 11.4 Å². The summed E-state index contributed by atoms with van der Waals surface area (Å²) in [4.78, 5) is 0. The van der Waals surface area contributed by atoms with E-state index < -0.39 is 0 Å². The van der Waals surface area contributed by atoms with Gasteiger partial charge in [0.2, 0.25) is 0 Å². The monoisotopic (exact) mass is 250 g/mol. The molecule has 0 aliphatic heterocycles. The number of hydrogen-bond acceptors (Lipinski definition) is 2. The van der Waals surface area contributed by atoms with Gasteiger partial charge in [0, 0.05) is 19.3 Å². The third kappa shape index (κ3) is 1.86. The van der Waals surface area contributed by atoms with E-state index in [1.165, 1.54) is 25.7 Å². The van der Waals surface area contributed by atoms with E-state index in [0.717, 1.165) is 16.5 Å². The molecule has 2 aromatic heterocycles. The lowest BCUT2D eigenvalue weighted by Crippen LogP contribution is -2.06. The number of nitrogens with zero attached hydrogens (tertiary/aromatic N) is 4. The SMILES string of the molecule is Cn1nccc1-c1cc(Cl)n(C2CCCC2)n1. The number of aryl methyl sites for hydroxylation is 1. The molecule has 0 spiro atoms. The molecule has 0 atom stereocenters. The molecule has 0 saturated heterocycles. The molecule has 1 saturated carbocycles. The van der Waals surface area contributed by atoms with Gasteiger partial charge in [-0.05, 0) is 18.9 Å². The zero-order chi connectivity index (χ0) is 11.8. The standard InChI is InChI=1S/C12H15ClN4/c1-16-11(6-7-14-16)10-8-12(13)17(15-10)9-4-2-3-5-9/h6-9H,2-5H2,1H3. The van der Waals surface area contributed by atoms with Gasteiger partial charge in [-0.2, -0.15) is 10.2 Å². The van der Waals surface area contributed by atoms with Crippen LogP contribution in [0.5, 0.6) is 0 Å². The van der Waals surface area contributed by atoms with Crippen LogP contribution in [0.15, 0.2) is 18.3 Å². The first kappa shape index (κ1) is 10.8. The maximum atomic E-state index is 6.27. The highest BCUT2D eigenvalue weighted by Gasteiger charge is 2.21. The molecule has 5 heteroatoms. The second kappa shape index (κ2) is 4.18. The lowest BCUT2D eigenvalue weighted by atomic mass is 10.3. The van der Waals surface area contributed by atoms with Crippen molar-refractivity contribution in [3.8, 4) is 11.4 Å². The predicted molar refractivity (Wildman–Crippen MR) is 66.9 cm³/mol. The Morgan fingerprint density at radius 3 is 2.76 bits per heavy atom. The third-order valence-corrected chi connectivity index (χ3v) is 3.73. The summed E-state index contributed by atoms with van der Waals surface area (Å²) in [6.07, 6.45) is 6.71. The molecule has 1 aliphatic rings. The molecule has 2 heterocycles. The van der Waals surface area contributed by atoms with E-state index in [0.29, 0.717) is 6.04 Å². The fourth-order valence-electron chi connectivity index (χ4n) is 2.53. The summed E-state index contributed by atoms with van der Waals surface area (Å²) >= 11 is 6.27. The summed E-state index contributed by atoms with van der Waals surface area (Å²) in [7, 11) is 1.91. The van der Waals surface area contributed by atoms with Crippen LogP contribution in [-0.2, 0) is 7.05 Å². The Balaban J connectivity index is 1.98. The van der Waals surface area contributed by atoms with Crippen molar-refractivity contribution in [2.24, 2.45) is 7.05 Å². The number of aromatic nitrogens is 4. The zero-order valence-electron chi connectivity index (χ0n) is 9.80. The highest BCUT2D eigenvalue weighted by atomic mass is 35.5. The average Bonchev–Trinajstić information content (AvgIpc) is 2.97. The van der Waals surface area contributed by atoms with Crippen molar-refractivity contribution in [3.05, 3.63) is 23.5 Å². The van der Waals surface area contributed by atoms with Crippen LogP contribution in [0.3, 0.4) is 0 Å². The molecule has 1 fully saturated rings. The topological polar surface area (TPSA) is 35.6 Å². The van der Waals surface area contributed by atoms with Gasteiger partial charge in [-0.15, -0.1) is 0 Å². The Kier molecular flexibility index (Phi) is 2.67. The first-order valence-electron chi connectivity index (χ1n) is 5.99. The van der Waals surface area contributed by atoms with Crippen molar-refractivity contribution < 1.29 is 0 Å². The molecule has 0 amide bonds. The quantitative estimate of drug-likeness (QED) is 0.821. The molecular formula is C12H15ClN4. The van der Waals surface area contributed by atoms with E-state index in [1.807, 2.05) is 28.5 Å². The molecule has 0 radical (unpaired) electrons. The molecule has 0 unspecified atom stereocenters. The van der Waals surface area contributed by atoms with Crippen LogP contribution in [0.1, 0.15) is 31.7 Å². The van der Waals surface area contributed by atoms with Crippen LogP contribution in [0.4, 0.5) is 0 Å². The van der Waals surface area contributed by atoms with Crippen LogP contribution in [-0.4, -0.2) is 19.6 Å². The highest BCUT2D eigenvalue weighted by Crippen LogP contribution is 2.33. The summed E-state index contributed by atoms with van der Waals surface area (Å²) in [6, 6.07) is 4.36. The molecule has 90 valence electrons. The van der Waals surface area contributed by atoms with E-state index in [4.69, 9.17) is 11.6 Å². The summed E-state index contributed by atoms with van der Waals surface area (Å²) in [5.41, 5.74) is 1.91. The van der Waals surface area contributed by atoms with E-state index >= 15 is 0 Å². The van der Waals surface area contributed by atoms with Crippen molar-refractivity contribution in [2.45, 2.75) is 31.7 Å². The molecule has 0 bridgehead atoms. The Morgan fingerprint density at radius 2 is 2.12 bits per heavy atom. The van der Waals surface area contributed by atoms with Gasteiger partial charge in [-0.25, -0.2) is 0 Å². The lowest BCUT2D eigenvalue weighted by Gasteiger charge is -2.10. The average molecular weight is 251 g/mol. The van der Waals surface area contributed by atoms with Gasteiger partial charge in [0.25, 0.3) is 0 Å². The lowest BCUT2D eigenvalue weighted by molar-refractivity contribution is 0.468. The van der Waals surface area contributed by atoms with E-state index in [1.54, 1.807) is 6.20 Å². The van der Waals surface area contributed by atoms with E-state index in [-0.39, 0.29) is 0 Å². The minimum atomic E-state index is 0.476. The van der Waals surface area contributed by atoms with Crippen molar-refractivity contribution in [1.29, 1.82) is 0 Å². The third-order valence-electron chi connectivity index (χ3n) is 3.44.